The molecule has 19 heavy (non-hydrogen) atoms. The molecule has 2 heterocycles. The number of nitrogens with zero attached hydrogens (tertiary/aromatic N) is 4. The zero-order valence-corrected chi connectivity index (χ0v) is 11.0. The lowest BCUT2D eigenvalue weighted by atomic mass is 10.4. The highest BCUT2D eigenvalue weighted by Gasteiger charge is 2.21. The van der Waals surface area contributed by atoms with Gasteiger partial charge in [0.15, 0.2) is 5.82 Å². The lowest BCUT2D eigenvalue weighted by molar-refractivity contribution is 0.0398. The Labute approximate surface area is 112 Å². The molecule has 0 unspecified atom stereocenters. The first-order chi connectivity index (χ1) is 9.40. The Bertz CT molecular complexity index is 405. The van der Waals surface area contributed by atoms with Crippen LogP contribution in [0.1, 0.15) is 12.8 Å². The summed E-state index contributed by atoms with van der Waals surface area (Å²) in [5.41, 5.74) is 0. The van der Waals surface area contributed by atoms with Crippen molar-refractivity contribution in [1.29, 1.82) is 0 Å². The van der Waals surface area contributed by atoms with Gasteiger partial charge in [0.05, 0.1) is 19.4 Å². The lowest BCUT2D eigenvalue weighted by Gasteiger charge is -2.26. The van der Waals surface area contributed by atoms with Crippen molar-refractivity contribution >= 4 is 11.8 Å². The van der Waals surface area contributed by atoms with Crippen LogP contribution in [0.2, 0.25) is 0 Å². The zero-order valence-electron chi connectivity index (χ0n) is 11.0. The Kier molecular flexibility index (Phi) is 4.04. The van der Waals surface area contributed by atoms with Gasteiger partial charge < -0.3 is 15.4 Å². The van der Waals surface area contributed by atoms with Gasteiger partial charge in [-0.25, -0.2) is 0 Å². The molecule has 0 aromatic carbocycles. The minimum absolute atomic E-state index is 0.581. The minimum atomic E-state index is 0.581. The molecule has 1 aromatic heterocycles. The molecular formula is C12H20N6O. The summed E-state index contributed by atoms with van der Waals surface area (Å²) < 4.78 is 5.32. The highest BCUT2D eigenvalue weighted by atomic mass is 16.5. The highest BCUT2D eigenvalue weighted by molar-refractivity contribution is 5.38. The van der Waals surface area contributed by atoms with E-state index < -0.39 is 0 Å². The fraction of sp³-hybridized carbons (Fsp3) is 0.750. The quantitative estimate of drug-likeness (QED) is 0.759. The van der Waals surface area contributed by atoms with Crippen LogP contribution in [0.4, 0.5) is 11.8 Å². The molecule has 7 heteroatoms. The van der Waals surface area contributed by atoms with Crippen molar-refractivity contribution < 1.29 is 4.74 Å². The summed E-state index contributed by atoms with van der Waals surface area (Å²) in [7, 11) is 0. The Hall–Kier alpha value is -1.47. The molecule has 0 amide bonds. The van der Waals surface area contributed by atoms with Gasteiger partial charge >= 0.3 is 0 Å². The summed E-state index contributed by atoms with van der Waals surface area (Å²) in [5, 5.41) is 14.5. The van der Waals surface area contributed by atoms with E-state index in [4.69, 9.17) is 4.74 Å². The SMILES string of the molecule is c1nnc(NCCN2CCOCC2)nc1NC1CC1. The molecular weight excluding hydrogens is 244 g/mol. The van der Waals surface area contributed by atoms with Crippen LogP contribution in [0.5, 0.6) is 0 Å². The third-order valence-electron chi connectivity index (χ3n) is 3.30. The van der Waals surface area contributed by atoms with E-state index in [0.29, 0.717) is 12.0 Å². The lowest BCUT2D eigenvalue weighted by Crippen LogP contribution is -2.39. The standard InChI is InChI=1S/C12H20N6O/c1-2-10(1)15-11-9-14-17-12(16-11)13-3-4-18-5-7-19-8-6-18/h9-10H,1-8H2,(H2,13,15,16,17). The molecule has 3 rings (SSSR count). The van der Waals surface area contributed by atoms with Gasteiger partial charge in [-0.3, -0.25) is 4.90 Å². The number of rotatable bonds is 6. The van der Waals surface area contributed by atoms with Crippen LogP contribution in [-0.4, -0.2) is 65.5 Å². The summed E-state index contributed by atoms with van der Waals surface area (Å²) >= 11 is 0. The number of morpholine rings is 1. The van der Waals surface area contributed by atoms with Gasteiger partial charge in [0.2, 0.25) is 5.95 Å². The monoisotopic (exact) mass is 264 g/mol. The third-order valence-corrected chi connectivity index (χ3v) is 3.30. The van der Waals surface area contributed by atoms with Crippen LogP contribution in [0, 0.1) is 0 Å². The molecule has 1 saturated carbocycles. The van der Waals surface area contributed by atoms with E-state index in [1.165, 1.54) is 12.8 Å². The number of anilines is 2. The molecule has 0 spiro atoms. The number of nitrogens with one attached hydrogen (secondary N) is 2. The van der Waals surface area contributed by atoms with Crippen LogP contribution < -0.4 is 10.6 Å². The molecule has 2 fully saturated rings. The van der Waals surface area contributed by atoms with Gasteiger partial charge in [-0.1, -0.05) is 0 Å². The maximum absolute atomic E-state index is 5.32. The van der Waals surface area contributed by atoms with E-state index >= 15 is 0 Å². The zero-order chi connectivity index (χ0) is 12.9. The van der Waals surface area contributed by atoms with E-state index in [1.807, 2.05) is 0 Å². The molecule has 2 aliphatic rings. The van der Waals surface area contributed by atoms with Crippen LogP contribution in [0.15, 0.2) is 6.20 Å². The van der Waals surface area contributed by atoms with Crippen molar-refractivity contribution in [2.45, 2.75) is 18.9 Å². The van der Waals surface area contributed by atoms with E-state index in [0.717, 1.165) is 45.2 Å². The second kappa shape index (κ2) is 6.12. The Morgan fingerprint density at radius 2 is 2.16 bits per heavy atom. The van der Waals surface area contributed by atoms with Crippen LogP contribution in [0.3, 0.4) is 0 Å². The smallest absolute Gasteiger partial charge is 0.244 e. The molecule has 7 nitrogen and oxygen atoms in total. The Morgan fingerprint density at radius 1 is 1.32 bits per heavy atom. The van der Waals surface area contributed by atoms with E-state index in [9.17, 15) is 0 Å². The van der Waals surface area contributed by atoms with Crippen molar-refractivity contribution in [3.05, 3.63) is 6.20 Å². The molecule has 1 aromatic rings. The van der Waals surface area contributed by atoms with E-state index in [-0.39, 0.29) is 0 Å². The largest absolute Gasteiger partial charge is 0.379 e. The highest BCUT2D eigenvalue weighted by Crippen LogP contribution is 2.23. The molecule has 0 bridgehead atoms. The summed E-state index contributed by atoms with van der Waals surface area (Å²) in [6, 6.07) is 0.581. The van der Waals surface area contributed by atoms with Crippen LogP contribution >= 0.6 is 0 Å². The fourth-order valence-electron chi connectivity index (χ4n) is 2.04. The first kappa shape index (κ1) is 12.6. The van der Waals surface area contributed by atoms with Gasteiger partial charge in [-0.15, -0.1) is 5.10 Å². The van der Waals surface area contributed by atoms with E-state index in [2.05, 4.69) is 30.7 Å². The average molecular weight is 264 g/mol. The van der Waals surface area contributed by atoms with Gasteiger partial charge in [-0.05, 0) is 12.8 Å². The van der Waals surface area contributed by atoms with Crippen molar-refractivity contribution in [3.8, 4) is 0 Å². The minimum Gasteiger partial charge on any atom is -0.379 e. The number of hydrogen-bond acceptors (Lipinski definition) is 7. The first-order valence-corrected chi connectivity index (χ1v) is 6.90. The van der Waals surface area contributed by atoms with E-state index in [1.54, 1.807) is 6.20 Å². The van der Waals surface area contributed by atoms with Crippen molar-refractivity contribution in [2.24, 2.45) is 0 Å². The summed E-state index contributed by atoms with van der Waals surface area (Å²) in [6.07, 6.45) is 4.12. The number of ether oxygens (including phenoxy) is 1. The molecule has 104 valence electrons. The van der Waals surface area contributed by atoms with Crippen LogP contribution in [0.25, 0.3) is 0 Å². The van der Waals surface area contributed by atoms with Crippen molar-refractivity contribution in [3.63, 3.8) is 0 Å². The molecule has 0 radical (unpaired) electrons. The normalized spacial score (nSPS) is 20.2. The Balaban J connectivity index is 1.43. The summed E-state index contributed by atoms with van der Waals surface area (Å²) in [4.78, 5) is 6.77. The molecule has 1 saturated heterocycles. The maximum atomic E-state index is 5.32. The second-order valence-electron chi connectivity index (χ2n) is 4.96. The first-order valence-electron chi connectivity index (χ1n) is 6.90. The van der Waals surface area contributed by atoms with Crippen molar-refractivity contribution in [1.82, 2.24) is 20.1 Å². The number of aromatic nitrogens is 3. The maximum Gasteiger partial charge on any atom is 0.244 e. The molecule has 0 atom stereocenters. The topological polar surface area (TPSA) is 75.2 Å². The third kappa shape index (κ3) is 4.00. The van der Waals surface area contributed by atoms with Gasteiger partial charge in [0.1, 0.15) is 0 Å². The van der Waals surface area contributed by atoms with Crippen molar-refractivity contribution in [2.75, 3.05) is 50.0 Å². The Morgan fingerprint density at radius 3 is 2.95 bits per heavy atom. The number of hydrogen-bond donors (Lipinski definition) is 2. The van der Waals surface area contributed by atoms with Crippen LogP contribution in [-0.2, 0) is 4.74 Å². The predicted molar refractivity (Wildman–Crippen MR) is 72.2 cm³/mol. The fourth-order valence-corrected chi connectivity index (χ4v) is 2.04. The van der Waals surface area contributed by atoms with Gasteiger partial charge in [-0.2, -0.15) is 10.1 Å². The van der Waals surface area contributed by atoms with Gasteiger partial charge in [0, 0.05) is 32.2 Å². The summed E-state index contributed by atoms with van der Waals surface area (Å²) in [5.74, 6) is 1.41. The average Bonchev–Trinajstić information content (AvgIpc) is 3.24. The molecule has 1 aliphatic heterocycles. The molecule has 2 N–H and O–H groups in total. The second-order valence-corrected chi connectivity index (χ2v) is 4.96. The summed E-state index contributed by atoms with van der Waals surface area (Å²) in [6.45, 7) is 5.48. The molecule has 1 aliphatic carbocycles. The van der Waals surface area contributed by atoms with Gasteiger partial charge in [0.25, 0.3) is 0 Å². The predicted octanol–water partition coefficient (Wildman–Crippen LogP) is 0.190.